The highest BCUT2D eigenvalue weighted by molar-refractivity contribution is 5.71. The monoisotopic (exact) mass is 849 g/mol. The van der Waals surface area contributed by atoms with E-state index < -0.39 is 6.10 Å². The van der Waals surface area contributed by atoms with Crippen molar-refractivity contribution in [1.82, 2.24) is 0 Å². The van der Waals surface area contributed by atoms with E-state index in [1.165, 1.54) is 186 Å². The lowest BCUT2D eigenvalue weighted by atomic mass is 9.99. The van der Waals surface area contributed by atoms with Gasteiger partial charge in [-0.1, -0.05) is 259 Å². The lowest BCUT2D eigenvalue weighted by Gasteiger charge is -2.18. The Kier molecular flexibility index (Phi) is 45.7. The van der Waals surface area contributed by atoms with Crippen LogP contribution in [0.25, 0.3) is 0 Å². The predicted molar refractivity (Wildman–Crippen MR) is 256 cm³/mol. The standard InChI is InChI=1S/C54H104O6/c1-6-9-10-11-12-13-14-20-24-31-36-41-46-54(57)60-51(48-59-53(56)45-40-35-30-26-25-28-33-38-43-50(5)8-3)47-58-52(55)44-39-34-29-23-21-18-16-15-17-19-22-27-32-37-42-49(4)7-2/h49-51H,6-48H2,1-5H3/t49?,50?,51-/m0/s1. The molecule has 2 unspecified atom stereocenters. The summed E-state index contributed by atoms with van der Waals surface area (Å²) in [6, 6.07) is 0. The summed E-state index contributed by atoms with van der Waals surface area (Å²) in [5.41, 5.74) is 0. The number of carbonyl (C=O) groups is 3. The fourth-order valence-corrected chi connectivity index (χ4v) is 8.10. The minimum absolute atomic E-state index is 0.0636. The average molecular weight is 849 g/mol. The van der Waals surface area contributed by atoms with Crippen molar-refractivity contribution in [1.29, 1.82) is 0 Å². The molecule has 0 N–H and O–H groups in total. The summed E-state index contributed by atoms with van der Waals surface area (Å²) in [6.07, 6.45) is 47.9. The first-order valence-corrected chi connectivity index (χ1v) is 26.8. The molecule has 0 aliphatic carbocycles. The fraction of sp³-hybridized carbons (Fsp3) is 0.944. The van der Waals surface area contributed by atoms with Crippen LogP contribution in [0.3, 0.4) is 0 Å². The van der Waals surface area contributed by atoms with E-state index in [0.717, 1.165) is 69.6 Å². The third-order valence-corrected chi connectivity index (χ3v) is 12.9. The van der Waals surface area contributed by atoms with Crippen molar-refractivity contribution < 1.29 is 28.6 Å². The third kappa shape index (κ3) is 44.5. The Labute approximate surface area is 374 Å². The molecule has 0 rings (SSSR count). The molecule has 356 valence electrons. The van der Waals surface area contributed by atoms with Crippen LogP contribution in [-0.4, -0.2) is 37.2 Å². The normalized spacial score (nSPS) is 12.9. The molecule has 0 radical (unpaired) electrons. The summed E-state index contributed by atoms with van der Waals surface area (Å²) in [4.78, 5) is 38.0. The first-order chi connectivity index (χ1) is 29.3. The van der Waals surface area contributed by atoms with E-state index in [1.54, 1.807) is 0 Å². The maximum atomic E-state index is 12.8. The van der Waals surface area contributed by atoms with Gasteiger partial charge in [-0.3, -0.25) is 14.4 Å². The average Bonchev–Trinajstić information content (AvgIpc) is 3.25. The molecule has 0 aromatic heterocycles. The van der Waals surface area contributed by atoms with Crippen LogP contribution in [0.15, 0.2) is 0 Å². The topological polar surface area (TPSA) is 78.9 Å². The van der Waals surface area contributed by atoms with Gasteiger partial charge in [-0.2, -0.15) is 0 Å². The highest BCUT2D eigenvalue weighted by Crippen LogP contribution is 2.18. The van der Waals surface area contributed by atoms with Crippen LogP contribution >= 0.6 is 0 Å². The van der Waals surface area contributed by atoms with Gasteiger partial charge in [-0.05, 0) is 31.1 Å². The summed E-state index contributed by atoms with van der Waals surface area (Å²) in [5, 5.41) is 0. The van der Waals surface area contributed by atoms with E-state index in [4.69, 9.17) is 14.2 Å². The number of unbranched alkanes of at least 4 members (excludes halogenated alkanes) is 31. The summed E-state index contributed by atoms with van der Waals surface area (Å²) in [7, 11) is 0. The smallest absolute Gasteiger partial charge is 0.306 e. The third-order valence-electron chi connectivity index (χ3n) is 12.9. The Bertz CT molecular complexity index is 920. The summed E-state index contributed by atoms with van der Waals surface area (Å²) in [5.74, 6) is 0.897. The highest BCUT2D eigenvalue weighted by Gasteiger charge is 2.19. The molecule has 0 saturated carbocycles. The number of hydrogen-bond acceptors (Lipinski definition) is 6. The molecule has 0 fully saturated rings. The van der Waals surface area contributed by atoms with Gasteiger partial charge in [0, 0.05) is 19.3 Å². The molecule has 0 aliphatic rings. The molecule has 0 spiro atoms. The zero-order valence-corrected chi connectivity index (χ0v) is 41.1. The van der Waals surface area contributed by atoms with Crippen LogP contribution in [0.4, 0.5) is 0 Å². The molecule has 0 bridgehead atoms. The van der Waals surface area contributed by atoms with Crippen molar-refractivity contribution in [2.45, 2.75) is 304 Å². The van der Waals surface area contributed by atoms with Gasteiger partial charge >= 0.3 is 17.9 Å². The van der Waals surface area contributed by atoms with Gasteiger partial charge in [0.15, 0.2) is 6.10 Å². The lowest BCUT2D eigenvalue weighted by molar-refractivity contribution is -0.167. The van der Waals surface area contributed by atoms with E-state index in [-0.39, 0.29) is 31.1 Å². The van der Waals surface area contributed by atoms with Gasteiger partial charge in [-0.25, -0.2) is 0 Å². The van der Waals surface area contributed by atoms with Gasteiger partial charge in [0.05, 0.1) is 0 Å². The highest BCUT2D eigenvalue weighted by atomic mass is 16.6. The van der Waals surface area contributed by atoms with E-state index >= 15 is 0 Å². The molecule has 0 aromatic carbocycles. The van der Waals surface area contributed by atoms with Gasteiger partial charge in [0.2, 0.25) is 0 Å². The Balaban J connectivity index is 4.28. The van der Waals surface area contributed by atoms with Crippen molar-refractivity contribution in [3.05, 3.63) is 0 Å². The predicted octanol–water partition coefficient (Wildman–Crippen LogP) is 17.3. The molecular formula is C54H104O6. The first kappa shape index (κ1) is 58.4. The summed E-state index contributed by atoms with van der Waals surface area (Å²) in [6.45, 7) is 11.4. The van der Waals surface area contributed by atoms with Crippen LogP contribution in [0.2, 0.25) is 0 Å². The lowest BCUT2D eigenvalue weighted by Crippen LogP contribution is -2.30. The van der Waals surface area contributed by atoms with Crippen LogP contribution in [-0.2, 0) is 28.6 Å². The van der Waals surface area contributed by atoms with Gasteiger partial charge in [-0.15, -0.1) is 0 Å². The second-order valence-corrected chi connectivity index (χ2v) is 19.0. The fourth-order valence-electron chi connectivity index (χ4n) is 8.10. The van der Waals surface area contributed by atoms with E-state index in [0.29, 0.717) is 19.3 Å². The molecule has 0 aromatic rings. The number of esters is 3. The van der Waals surface area contributed by atoms with Gasteiger partial charge in [0.25, 0.3) is 0 Å². The maximum Gasteiger partial charge on any atom is 0.306 e. The van der Waals surface area contributed by atoms with Crippen LogP contribution in [0.5, 0.6) is 0 Å². The van der Waals surface area contributed by atoms with Crippen molar-refractivity contribution in [3.8, 4) is 0 Å². The minimum Gasteiger partial charge on any atom is -0.462 e. The van der Waals surface area contributed by atoms with Crippen LogP contribution < -0.4 is 0 Å². The first-order valence-electron chi connectivity index (χ1n) is 26.8. The molecule has 0 saturated heterocycles. The van der Waals surface area contributed by atoms with E-state index in [2.05, 4.69) is 34.6 Å². The van der Waals surface area contributed by atoms with Crippen LogP contribution in [0, 0.1) is 11.8 Å². The molecule has 3 atom stereocenters. The Morgan fingerprint density at radius 1 is 0.333 bits per heavy atom. The molecule has 6 nitrogen and oxygen atoms in total. The largest absolute Gasteiger partial charge is 0.462 e. The summed E-state index contributed by atoms with van der Waals surface area (Å²) < 4.78 is 16.8. The number of hydrogen-bond donors (Lipinski definition) is 0. The summed E-state index contributed by atoms with van der Waals surface area (Å²) >= 11 is 0. The van der Waals surface area contributed by atoms with Gasteiger partial charge in [0.1, 0.15) is 13.2 Å². The second kappa shape index (κ2) is 46.9. The number of ether oxygens (including phenoxy) is 3. The molecule has 60 heavy (non-hydrogen) atoms. The molecule has 0 amide bonds. The Hall–Kier alpha value is -1.59. The SMILES string of the molecule is CCCCCCCCCCCCCCC(=O)O[C@@H](COC(=O)CCCCCCCCCCCCCCCCC(C)CC)COC(=O)CCCCCCCCCCC(C)CC. The van der Waals surface area contributed by atoms with Crippen molar-refractivity contribution in [3.63, 3.8) is 0 Å². The quantitative estimate of drug-likeness (QED) is 0.0345. The maximum absolute atomic E-state index is 12.8. The molecule has 6 heteroatoms. The van der Waals surface area contributed by atoms with E-state index in [9.17, 15) is 14.4 Å². The minimum atomic E-state index is -0.762. The molecule has 0 heterocycles. The zero-order valence-electron chi connectivity index (χ0n) is 41.1. The Morgan fingerprint density at radius 2 is 0.583 bits per heavy atom. The number of rotatable bonds is 48. The van der Waals surface area contributed by atoms with E-state index in [1.807, 2.05) is 0 Å². The number of carbonyl (C=O) groups excluding carboxylic acids is 3. The van der Waals surface area contributed by atoms with Crippen molar-refractivity contribution in [2.75, 3.05) is 13.2 Å². The Morgan fingerprint density at radius 3 is 0.867 bits per heavy atom. The second-order valence-electron chi connectivity index (χ2n) is 19.0. The van der Waals surface area contributed by atoms with Crippen molar-refractivity contribution in [2.24, 2.45) is 11.8 Å². The van der Waals surface area contributed by atoms with Crippen LogP contribution in [0.1, 0.15) is 298 Å². The molecule has 0 aliphatic heterocycles. The molecular weight excluding hydrogens is 745 g/mol. The zero-order chi connectivity index (χ0) is 44.0. The van der Waals surface area contributed by atoms with Crippen molar-refractivity contribution >= 4 is 17.9 Å². The van der Waals surface area contributed by atoms with Gasteiger partial charge < -0.3 is 14.2 Å².